The first kappa shape index (κ1) is 15.4. The molecule has 0 bridgehead atoms. The van der Waals surface area contributed by atoms with Gasteiger partial charge in [-0.1, -0.05) is 0 Å². The Hall–Kier alpha value is -2.48. The van der Waals surface area contributed by atoms with E-state index in [1.165, 1.54) is 24.3 Å². The van der Waals surface area contributed by atoms with Crippen LogP contribution in [-0.2, 0) is 16.1 Å². The fourth-order valence-corrected chi connectivity index (χ4v) is 2.39. The molecule has 2 aromatic rings. The van der Waals surface area contributed by atoms with Gasteiger partial charge in [-0.2, -0.15) is 4.68 Å². The van der Waals surface area contributed by atoms with E-state index in [9.17, 15) is 14.0 Å². The second kappa shape index (κ2) is 6.33. The van der Waals surface area contributed by atoms with Gasteiger partial charge in [0.1, 0.15) is 12.4 Å². The van der Waals surface area contributed by atoms with Gasteiger partial charge in [0, 0.05) is 18.7 Å². The first-order chi connectivity index (χ1) is 11.0. The van der Waals surface area contributed by atoms with Crippen molar-refractivity contribution in [3.63, 3.8) is 0 Å². The number of carbonyl (C=O) groups excluding carboxylic acids is 1. The molecule has 1 aromatic heterocycles. The number of carbonyl (C=O) groups is 1. The average molecular weight is 321 g/mol. The van der Waals surface area contributed by atoms with Crippen LogP contribution in [0.2, 0.25) is 0 Å². The third kappa shape index (κ3) is 3.48. The molecule has 1 atom stereocenters. The molecule has 1 aliphatic heterocycles. The molecule has 1 saturated heterocycles. The number of aromatic nitrogens is 2. The fourth-order valence-electron chi connectivity index (χ4n) is 2.39. The summed E-state index contributed by atoms with van der Waals surface area (Å²) in [6.07, 6.45) is -0.0310. The van der Waals surface area contributed by atoms with Crippen LogP contribution in [-0.4, -0.2) is 46.4 Å². The minimum atomic E-state index is -0.723. The molecule has 1 aliphatic rings. The van der Waals surface area contributed by atoms with Crippen LogP contribution in [0, 0.1) is 5.82 Å². The Morgan fingerprint density at radius 1 is 1.39 bits per heavy atom. The minimum Gasteiger partial charge on any atom is -0.388 e. The van der Waals surface area contributed by atoms with Gasteiger partial charge in [-0.25, -0.2) is 9.18 Å². The van der Waals surface area contributed by atoms with Gasteiger partial charge in [-0.3, -0.25) is 4.79 Å². The molecule has 1 fully saturated rings. The van der Waals surface area contributed by atoms with Crippen LogP contribution in [0.15, 0.2) is 33.5 Å². The van der Waals surface area contributed by atoms with E-state index >= 15 is 0 Å². The molecule has 2 heterocycles. The first-order valence-corrected chi connectivity index (χ1v) is 7.26. The van der Waals surface area contributed by atoms with Crippen LogP contribution in [0.3, 0.4) is 0 Å². The largest absolute Gasteiger partial charge is 0.437 e. The number of rotatable bonds is 3. The van der Waals surface area contributed by atoms with Gasteiger partial charge in [0.15, 0.2) is 0 Å². The highest BCUT2D eigenvalue weighted by Crippen LogP contribution is 2.15. The zero-order chi connectivity index (χ0) is 16.4. The summed E-state index contributed by atoms with van der Waals surface area (Å²) < 4.78 is 24.3. The number of ether oxygens (including phenoxy) is 1. The smallest absolute Gasteiger partial charge is 0.388 e. The molecule has 23 heavy (non-hydrogen) atoms. The highest BCUT2D eigenvalue weighted by Gasteiger charge is 2.23. The van der Waals surface area contributed by atoms with E-state index in [1.54, 1.807) is 4.90 Å². The third-order valence-corrected chi connectivity index (χ3v) is 3.58. The topological polar surface area (TPSA) is 77.6 Å². The Morgan fingerprint density at radius 3 is 2.83 bits per heavy atom. The number of hydrogen-bond donors (Lipinski definition) is 0. The van der Waals surface area contributed by atoms with Crippen molar-refractivity contribution in [3.05, 3.63) is 40.6 Å². The average Bonchev–Trinajstić information content (AvgIpc) is 2.89. The SMILES string of the molecule is C[C@H]1CN(C(=O)Cn2nc(-c3ccc(F)cc3)oc2=O)CCO1. The number of nitrogens with zero attached hydrogens (tertiary/aromatic N) is 3. The minimum absolute atomic E-state index is 0.0310. The molecule has 3 rings (SSSR count). The lowest BCUT2D eigenvalue weighted by Gasteiger charge is -2.30. The summed E-state index contributed by atoms with van der Waals surface area (Å²) in [5.74, 6) is -1.29. The van der Waals surface area contributed by atoms with E-state index in [4.69, 9.17) is 9.15 Å². The summed E-state index contributed by atoms with van der Waals surface area (Å²) in [5, 5.41) is 4.00. The van der Waals surface area contributed by atoms with Crippen LogP contribution in [0.4, 0.5) is 4.39 Å². The molecule has 8 heteroatoms. The summed E-state index contributed by atoms with van der Waals surface area (Å²) in [7, 11) is 0. The van der Waals surface area contributed by atoms with Crippen molar-refractivity contribution in [2.75, 3.05) is 19.7 Å². The van der Waals surface area contributed by atoms with E-state index in [-0.39, 0.29) is 24.4 Å². The molecule has 0 N–H and O–H groups in total. The number of benzene rings is 1. The summed E-state index contributed by atoms with van der Waals surface area (Å²) in [4.78, 5) is 25.7. The summed E-state index contributed by atoms with van der Waals surface area (Å²) in [6, 6.07) is 5.40. The lowest BCUT2D eigenvalue weighted by atomic mass is 10.2. The second-order valence-electron chi connectivity index (χ2n) is 5.36. The van der Waals surface area contributed by atoms with E-state index in [0.29, 0.717) is 25.3 Å². The fraction of sp³-hybridized carbons (Fsp3) is 0.400. The zero-order valence-corrected chi connectivity index (χ0v) is 12.6. The van der Waals surface area contributed by atoms with Gasteiger partial charge < -0.3 is 14.1 Å². The maximum Gasteiger partial charge on any atom is 0.437 e. The van der Waals surface area contributed by atoms with Crippen molar-refractivity contribution in [1.82, 2.24) is 14.7 Å². The molecular formula is C15H16FN3O4. The quantitative estimate of drug-likeness (QED) is 0.839. The van der Waals surface area contributed by atoms with Crippen LogP contribution in [0.25, 0.3) is 11.5 Å². The Labute approximate surface area is 131 Å². The van der Waals surface area contributed by atoms with E-state index < -0.39 is 11.6 Å². The molecule has 1 amide bonds. The van der Waals surface area contributed by atoms with Gasteiger partial charge >= 0.3 is 5.76 Å². The van der Waals surface area contributed by atoms with Crippen LogP contribution in [0.5, 0.6) is 0 Å². The van der Waals surface area contributed by atoms with E-state index in [2.05, 4.69) is 5.10 Å². The van der Waals surface area contributed by atoms with Crippen LogP contribution in [0.1, 0.15) is 6.92 Å². The van der Waals surface area contributed by atoms with Crippen molar-refractivity contribution in [3.8, 4) is 11.5 Å². The lowest BCUT2D eigenvalue weighted by Crippen LogP contribution is -2.46. The van der Waals surface area contributed by atoms with Crippen molar-refractivity contribution in [2.24, 2.45) is 0 Å². The normalized spacial score (nSPS) is 18.2. The standard InChI is InChI=1S/C15H16FN3O4/c1-10-8-18(6-7-22-10)13(20)9-19-15(21)23-14(17-19)11-2-4-12(16)5-3-11/h2-5,10H,6-9H2,1H3/t10-/m0/s1. The predicted molar refractivity (Wildman–Crippen MR) is 78.2 cm³/mol. The van der Waals surface area contributed by atoms with E-state index in [0.717, 1.165) is 4.68 Å². The van der Waals surface area contributed by atoms with Gasteiger partial charge in [0.05, 0.1) is 12.7 Å². The molecule has 7 nitrogen and oxygen atoms in total. The van der Waals surface area contributed by atoms with Crippen molar-refractivity contribution < 1.29 is 18.3 Å². The Bertz CT molecular complexity index is 753. The van der Waals surface area contributed by atoms with Gasteiger partial charge in [0.25, 0.3) is 0 Å². The van der Waals surface area contributed by atoms with Gasteiger partial charge in [-0.15, -0.1) is 5.10 Å². The molecule has 0 unspecified atom stereocenters. The maximum atomic E-state index is 12.9. The number of morpholine rings is 1. The number of hydrogen-bond acceptors (Lipinski definition) is 5. The highest BCUT2D eigenvalue weighted by atomic mass is 19.1. The van der Waals surface area contributed by atoms with E-state index in [1.807, 2.05) is 6.92 Å². The molecule has 0 spiro atoms. The molecule has 122 valence electrons. The van der Waals surface area contributed by atoms with Gasteiger partial charge in [0.2, 0.25) is 11.8 Å². The monoisotopic (exact) mass is 321 g/mol. The molecule has 0 aliphatic carbocycles. The molecular weight excluding hydrogens is 305 g/mol. The van der Waals surface area contributed by atoms with Crippen molar-refractivity contribution in [1.29, 1.82) is 0 Å². The third-order valence-electron chi connectivity index (χ3n) is 3.58. The first-order valence-electron chi connectivity index (χ1n) is 7.26. The molecule has 1 aromatic carbocycles. The lowest BCUT2D eigenvalue weighted by molar-refractivity contribution is -0.139. The predicted octanol–water partition coefficient (Wildman–Crippen LogP) is 0.890. The van der Waals surface area contributed by atoms with Crippen molar-refractivity contribution >= 4 is 5.91 Å². The summed E-state index contributed by atoms with van der Waals surface area (Å²) in [6.45, 7) is 3.13. The van der Waals surface area contributed by atoms with Crippen LogP contribution < -0.4 is 5.76 Å². The summed E-state index contributed by atoms with van der Waals surface area (Å²) >= 11 is 0. The van der Waals surface area contributed by atoms with Gasteiger partial charge in [-0.05, 0) is 31.2 Å². The molecule has 0 saturated carbocycles. The maximum absolute atomic E-state index is 12.9. The Balaban J connectivity index is 1.75. The zero-order valence-electron chi connectivity index (χ0n) is 12.6. The second-order valence-corrected chi connectivity index (χ2v) is 5.36. The Morgan fingerprint density at radius 2 is 2.13 bits per heavy atom. The van der Waals surface area contributed by atoms with Crippen molar-refractivity contribution in [2.45, 2.75) is 19.6 Å². The number of halogens is 1. The summed E-state index contributed by atoms with van der Waals surface area (Å²) in [5.41, 5.74) is 0.467. The molecule has 0 radical (unpaired) electrons. The number of amides is 1. The Kier molecular flexibility index (Phi) is 4.24. The van der Waals surface area contributed by atoms with Crippen LogP contribution >= 0.6 is 0 Å². The highest BCUT2D eigenvalue weighted by molar-refractivity contribution is 5.76.